The fourth-order valence-corrected chi connectivity index (χ4v) is 3.19. The number of carbonyl (C=O) groups excluding carboxylic acids is 3. The molecular weight excluding hydrogens is 381 g/mol. The summed E-state index contributed by atoms with van der Waals surface area (Å²) in [6, 6.07) is 1.83. The van der Waals surface area contributed by atoms with Gasteiger partial charge in [-0.2, -0.15) is 13.2 Å². The standard InChI is InChI=1S/C18H21F3N2O5/c1-4-28-13(24)9-23-10(2)14(16(25)27-3)15(22-17(23)26)11-6-5-7-12(8-11)18(19,20)21/h5-8,10,14-15H,4,9H2,1-3H3,(H,22,26)/t10-,14-,15+/m1/s1. The molecular formula is C18H21F3N2O5. The number of hydrogen-bond acceptors (Lipinski definition) is 5. The third-order valence-electron chi connectivity index (χ3n) is 4.56. The predicted octanol–water partition coefficient (Wildman–Crippen LogP) is 2.51. The number of ether oxygens (including phenoxy) is 2. The average molecular weight is 402 g/mol. The van der Waals surface area contributed by atoms with Gasteiger partial charge in [-0.3, -0.25) is 9.59 Å². The number of benzene rings is 1. The summed E-state index contributed by atoms with van der Waals surface area (Å²) in [5.41, 5.74) is -0.786. The maximum atomic E-state index is 13.0. The number of halogens is 3. The molecule has 28 heavy (non-hydrogen) atoms. The smallest absolute Gasteiger partial charge is 0.416 e. The lowest BCUT2D eigenvalue weighted by molar-refractivity contribution is -0.152. The van der Waals surface area contributed by atoms with Gasteiger partial charge in [0, 0.05) is 6.04 Å². The van der Waals surface area contributed by atoms with E-state index in [1.165, 1.54) is 19.1 Å². The Balaban J connectivity index is 2.39. The molecule has 7 nitrogen and oxygen atoms in total. The van der Waals surface area contributed by atoms with Crippen molar-refractivity contribution in [2.45, 2.75) is 32.1 Å². The lowest BCUT2D eigenvalue weighted by Gasteiger charge is -2.42. The average Bonchev–Trinajstić information content (AvgIpc) is 2.63. The van der Waals surface area contributed by atoms with E-state index < -0.39 is 54.3 Å². The predicted molar refractivity (Wildman–Crippen MR) is 91.0 cm³/mol. The zero-order valence-electron chi connectivity index (χ0n) is 15.6. The van der Waals surface area contributed by atoms with E-state index in [4.69, 9.17) is 9.47 Å². The molecule has 0 spiro atoms. The van der Waals surface area contributed by atoms with Crippen LogP contribution in [-0.4, -0.2) is 49.2 Å². The van der Waals surface area contributed by atoms with Gasteiger partial charge in [0.25, 0.3) is 0 Å². The van der Waals surface area contributed by atoms with Gasteiger partial charge >= 0.3 is 24.1 Å². The van der Waals surface area contributed by atoms with Gasteiger partial charge in [-0.15, -0.1) is 0 Å². The molecule has 2 rings (SSSR count). The summed E-state index contributed by atoms with van der Waals surface area (Å²) < 4.78 is 48.8. The molecule has 1 aliphatic heterocycles. The molecule has 2 amide bonds. The molecule has 0 radical (unpaired) electrons. The van der Waals surface area contributed by atoms with Crippen molar-refractivity contribution < 1.29 is 37.0 Å². The highest BCUT2D eigenvalue weighted by Crippen LogP contribution is 2.36. The van der Waals surface area contributed by atoms with E-state index >= 15 is 0 Å². The molecule has 3 atom stereocenters. The molecule has 1 fully saturated rings. The summed E-state index contributed by atoms with van der Waals surface area (Å²) in [5.74, 6) is -2.41. The molecule has 0 aliphatic carbocycles. The number of carbonyl (C=O) groups is 3. The molecule has 1 saturated heterocycles. The lowest BCUT2D eigenvalue weighted by atomic mass is 9.84. The number of urea groups is 1. The van der Waals surface area contributed by atoms with Crippen LogP contribution < -0.4 is 5.32 Å². The van der Waals surface area contributed by atoms with E-state index in [0.717, 1.165) is 24.1 Å². The fraction of sp³-hybridized carbons (Fsp3) is 0.500. The van der Waals surface area contributed by atoms with Gasteiger partial charge in [-0.1, -0.05) is 12.1 Å². The number of amides is 2. The number of nitrogens with zero attached hydrogens (tertiary/aromatic N) is 1. The van der Waals surface area contributed by atoms with Crippen LogP contribution in [0.4, 0.5) is 18.0 Å². The minimum atomic E-state index is -4.57. The highest BCUT2D eigenvalue weighted by Gasteiger charge is 2.46. The Labute approximate surface area is 159 Å². The van der Waals surface area contributed by atoms with E-state index in [1.54, 1.807) is 6.92 Å². The van der Waals surface area contributed by atoms with Crippen LogP contribution in [0.2, 0.25) is 0 Å². The van der Waals surface area contributed by atoms with Crippen LogP contribution >= 0.6 is 0 Å². The first-order chi connectivity index (χ1) is 13.1. The van der Waals surface area contributed by atoms with Gasteiger partial charge in [0.1, 0.15) is 12.5 Å². The van der Waals surface area contributed by atoms with Crippen molar-refractivity contribution in [3.63, 3.8) is 0 Å². The van der Waals surface area contributed by atoms with Crippen molar-refractivity contribution in [3.8, 4) is 0 Å². The van der Waals surface area contributed by atoms with Gasteiger partial charge in [-0.05, 0) is 31.5 Å². The number of methoxy groups -OCH3 is 1. The zero-order valence-corrected chi connectivity index (χ0v) is 15.6. The van der Waals surface area contributed by atoms with Gasteiger partial charge in [0.2, 0.25) is 0 Å². The van der Waals surface area contributed by atoms with Crippen LogP contribution in [-0.2, 0) is 25.2 Å². The number of nitrogens with one attached hydrogen (secondary N) is 1. The summed E-state index contributed by atoms with van der Waals surface area (Å²) in [4.78, 5) is 37.7. The minimum absolute atomic E-state index is 0.112. The molecule has 1 aromatic carbocycles. The Morgan fingerprint density at radius 1 is 1.29 bits per heavy atom. The largest absolute Gasteiger partial charge is 0.469 e. The first kappa shape index (κ1) is 21.5. The molecule has 154 valence electrons. The van der Waals surface area contributed by atoms with Gasteiger partial charge < -0.3 is 19.7 Å². The molecule has 0 unspecified atom stereocenters. The minimum Gasteiger partial charge on any atom is -0.469 e. The van der Waals surface area contributed by atoms with Gasteiger partial charge in [0.15, 0.2) is 0 Å². The van der Waals surface area contributed by atoms with E-state index in [9.17, 15) is 27.6 Å². The molecule has 10 heteroatoms. The van der Waals surface area contributed by atoms with Crippen LogP contribution in [0.25, 0.3) is 0 Å². The second-order valence-electron chi connectivity index (χ2n) is 6.27. The highest BCUT2D eigenvalue weighted by molar-refractivity contribution is 5.85. The van der Waals surface area contributed by atoms with E-state index in [2.05, 4.69) is 5.32 Å². The molecule has 1 aromatic rings. The molecule has 0 saturated carbocycles. The van der Waals surface area contributed by atoms with E-state index in [-0.39, 0.29) is 12.2 Å². The van der Waals surface area contributed by atoms with Crippen molar-refractivity contribution in [1.29, 1.82) is 0 Å². The van der Waals surface area contributed by atoms with Crippen molar-refractivity contribution in [2.75, 3.05) is 20.3 Å². The van der Waals surface area contributed by atoms with Crippen LogP contribution in [0.5, 0.6) is 0 Å². The van der Waals surface area contributed by atoms with Crippen molar-refractivity contribution in [3.05, 3.63) is 35.4 Å². The molecule has 0 bridgehead atoms. The van der Waals surface area contributed by atoms with Crippen LogP contribution in [0.1, 0.15) is 31.0 Å². The topological polar surface area (TPSA) is 84.9 Å². The normalized spacial score (nSPS) is 22.4. The van der Waals surface area contributed by atoms with Gasteiger partial charge in [-0.25, -0.2) is 4.79 Å². The Bertz CT molecular complexity index is 753. The Kier molecular flexibility index (Phi) is 6.52. The number of rotatable bonds is 5. The maximum absolute atomic E-state index is 13.0. The molecule has 1 heterocycles. The molecule has 1 aliphatic rings. The lowest BCUT2D eigenvalue weighted by Crippen LogP contribution is -2.60. The second-order valence-corrected chi connectivity index (χ2v) is 6.27. The monoisotopic (exact) mass is 402 g/mol. The highest BCUT2D eigenvalue weighted by atomic mass is 19.4. The van der Waals surface area contributed by atoms with Crippen molar-refractivity contribution in [2.24, 2.45) is 5.92 Å². The summed E-state index contributed by atoms with van der Waals surface area (Å²) in [6.07, 6.45) is -4.57. The first-order valence-electron chi connectivity index (χ1n) is 8.57. The van der Waals surface area contributed by atoms with Crippen LogP contribution in [0.15, 0.2) is 24.3 Å². The second kappa shape index (κ2) is 8.49. The van der Waals surface area contributed by atoms with Crippen molar-refractivity contribution >= 4 is 18.0 Å². The van der Waals surface area contributed by atoms with E-state index in [1.807, 2.05) is 0 Å². The van der Waals surface area contributed by atoms with Crippen molar-refractivity contribution in [1.82, 2.24) is 10.2 Å². The SMILES string of the molecule is CCOC(=O)CN1C(=O)N[C@@H](c2cccc(C(F)(F)F)c2)[C@H](C(=O)OC)[C@H]1C. The fourth-order valence-electron chi connectivity index (χ4n) is 3.19. The number of hydrogen-bond donors (Lipinski definition) is 1. The maximum Gasteiger partial charge on any atom is 0.416 e. The zero-order chi connectivity index (χ0) is 21.1. The summed E-state index contributed by atoms with van der Waals surface area (Å²) in [5, 5.41) is 2.52. The quantitative estimate of drug-likeness (QED) is 0.765. The Morgan fingerprint density at radius 3 is 2.54 bits per heavy atom. The summed E-state index contributed by atoms with van der Waals surface area (Å²) in [6.45, 7) is 2.86. The first-order valence-corrected chi connectivity index (χ1v) is 8.57. The summed E-state index contributed by atoms with van der Waals surface area (Å²) >= 11 is 0. The third-order valence-corrected chi connectivity index (χ3v) is 4.56. The Morgan fingerprint density at radius 2 is 1.96 bits per heavy atom. The molecule has 1 N–H and O–H groups in total. The Hall–Kier alpha value is -2.78. The van der Waals surface area contributed by atoms with Gasteiger partial charge in [0.05, 0.1) is 25.3 Å². The third kappa shape index (κ3) is 4.55. The van der Waals surface area contributed by atoms with Crippen LogP contribution in [0.3, 0.4) is 0 Å². The number of esters is 2. The van der Waals surface area contributed by atoms with E-state index in [0.29, 0.717) is 0 Å². The summed E-state index contributed by atoms with van der Waals surface area (Å²) in [7, 11) is 1.14. The number of alkyl halides is 3. The molecule has 0 aromatic heterocycles. The van der Waals surface area contributed by atoms with Crippen LogP contribution in [0, 0.1) is 5.92 Å².